The van der Waals surface area contributed by atoms with Crippen LogP contribution in [0, 0.1) is 0 Å². The highest BCUT2D eigenvalue weighted by Gasteiger charge is 2.10. The number of hydrazone groups is 1. The first-order valence-corrected chi connectivity index (χ1v) is 10.1. The van der Waals surface area contributed by atoms with E-state index in [1.54, 1.807) is 12.1 Å². The Bertz CT molecular complexity index is 1080. The van der Waals surface area contributed by atoms with Gasteiger partial charge in [-0.3, -0.25) is 4.79 Å². The summed E-state index contributed by atoms with van der Waals surface area (Å²) in [5, 5.41) is 4.20. The molecule has 4 heteroatoms. The Kier molecular flexibility index (Phi) is 6.04. The fraction of sp³-hybridized carbons (Fsp3) is 0.154. The summed E-state index contributed by atoms with van der Waals surface area (Å²) >= 11 is 0. The third kappa shape index (κ3) is 4.84. The van der Waals surface area contributed by atoms with Gasteiger partial charge in [0, 0.05) is 11.1 Å². The van der Waals surface area contributed by atoms with Gasteiger partial charge in [-0.2, -0.15) is 5.10 Å². The Labute approximate surface area is 176 Å². The molecule has 0 saturated heterocycles. The summed E-state index contributed by atoms with van der Waals surface area (Å²) in [4.78, 5) is 12.3. The molecule has 0 heterocycles. The maximum Gasteiger partial charge on any atom is 0.271 e. The second-order valence-electron chi connectivity index (χ2n) is 7.38. The molecule has 0 fully saturated rings. The van der Waals surface area contributed by atoms with E-state index >= 15 is 0 Å². The molecule has 1 aliphatic rings. The molecule has 0 spiro atoms. The van der Waals surface area contributed by atoms with Crippen molar-refractivity contribution < 1.29 is 9.53 Å². The Hall–Kier alpha value is -3.66. The van der Waals surface area contributed by atoms with Gasteiger partial charge in [0.05, 0.1) is 5.71 Å². The van der Waals surface area contributed by atoms with Gasteiger partial charge in [-0.15, -0.1) is 0 Å². The molecule has 4 rings (SSSR count). The van der Waals surface area contributed by atoms with Gasteiger partial charge in [-0.25, -0.2) is 5.43 Å². The zero-order valence-corrected chi connectivity index (χ0v) is 17.0. The van der Waals surface area contributed by atoms with Crippen molar-refractivity contribution in [3.63, 3.8) is 0 Å². The van der Waals surface area contributed by atoms with Crippen LogP contribution in [0.5, 0.6) is 5.75 Å². The van der Waals surface area contributed by atoms with E-state index in [9.17, 15) is 4.79 Å². The number of benzene rings is 3. The third-order valence-electron chi connectivity index (χ3n) is 5.07. The molecule has 0 atom stereocenters. The van der Waals surface area contributed by atoms with Crippen LogP contribution in [0.15, 0.2) is 95.6 Å². The van der Waals surface area contributed by atoms with Crippen LogP contribution < -0.4 is 10.2 Å². The highest BCUT2D eigenvalue weighted by atomic mass is 16.5. The molecule has 0 unspecified atom stereocenters. The third-order valence-corrected chi connectivity index (χ3v) is 5.07. The van der Waals surface area contributed by atoms with Crippen molar-refractivity contribution in [2.45, 2.75) is 26.4 Å². The Morgan fingerprint density at radius 3 is 2.40 bits per heavy atom. The highest BCUT2D eigenvalue weighted by Crippen LogP contribution is 2.30. The maximum absolute atomic E-state index is 12.3. The molecule has 3 aromatic carbocycles. The number of hydrogen-bond donors (Lipinski definition) is 1. The lowest BCUT2D eigenvalue weighted by Crippen LogP contribution is -2.18. The van der Waals surface area contributed by atoms with Crippen molar-refractivity contribution in [2.24, 2.45) is 5.10 Å². The Morgan fingerprint density at radius 2 is 1.67 bits per heavy atom. The number of nitrogens with zero attached hydrogens (tertiary/aromatic N) is 1. The van der Waals surface area contributed by atoms with E-state index in [0.717, 1.165) is 41.0 Å². The van der Waals surface area contributed by atoms with Crippen molar-refractivity contribution >= 4 is 11.6 Å². The smallest absolute Gasteiger partial charge is 0.271 e. The van der Waals surface area contributed by atoms with Gasteiger partial charge >= 0.3 is 0 Å². The SMILES string of the molecule is CC1=CC(=NNC(=O)c2ccc(COc3ccccc3-c3ccccc3)cc2)CC1. The second-order valence-corrected chi connectivity index (χ2v) is 7.38. The van der Waals surface area contributed by atoms with Crippen molar-refractivity contribution in [1.82, 2.24) is 5.43 Å². The largest absolute Gasteiger partial charge is 0.488 e. The summed E-state index contributed by atoms with van der Waals surface area (Å²) in [6.45, 7) is 2.50. The highest BCUT2D eigenvalue weighted by molar-refractivity contribution is 6.00. The minimum absolute atomic E-state index is 0.206. The van der Waals surface area contributed by atoms with Gasteiger partial charge < -0.3 is 4.74 Å². The molecule has 1 amide bonds. The van der Waals surface area contributed by atoms with E-state index in [1.165, 1.54) is 5.57 Å². The standard InChI is InChI=1S/C26H24N2O2/c1-19-11-16-23(17-19)27-28-26(29)22-14-12-20(13-15-22)18-30-25-10-6-5-9-24(25)21-7-3-2-4-8-21/h2-10,12-15,17H,11,16,18H2,1H3,(H,28,29). The Balaban J connectivity index is 1.38. The molecule has 0 bridgehead atoms. The van der Waals surface area contributed by atoms with Crippen LogP contribution in [-0.2, 0) is 6.61 Å². The summed E-state index contributed by atoms with van der Waals surface area (Å²) in [5.74, 6) is 0.628. The minimum Gasteiger partial charge on any atom is -0.488 e. The van der Waals surface area contributed by atoms with Crippen LogP contribution in [0.25, 0.3) is 11.1 Å². The van der Waals surface area contributed by atoms with Crippen LogP contribution in [-0.4, -0.2) is 11.6 Å². The molecule has 1 N–H and O–H groups in total. The number of rotatable bonds is 6. The molecular weight excluding hydrogens is 372 g/mol. The first-order valence-electron chi connectivity index (χ1n) is 10.1. The summed E-state index contributed by atoms with van der Waals surface area (Å²) < 4.78 is 6.07. The van der Waals surface area contributed by atoms with E-state index < -0.39 is 0 Å². The van der Waals surface area contributed by atoms with Crippen LogP contribution in [0.4, 0.5) is 0 Å². The first kappa shape index (κ1) is 19.6. The van der Waals surface area contributed by atoms with Gasteiger partial charge in [0.2, 0.25) is 0 Å². The van der Waals surface area contributed by atoms with Crippen molar-refractivity contribution in [1.29, 1.82) is 0 Å². The zero-order valence-electron chi connectivity index (χ0n) is 17.0. The molecule has 4 nitrogen and oxygen atoms in total. The van der Waals surface area contributed by atoms with Crippen LogP contribution in [0.1, 0.15) is 35.7 Å². The molecule has 0 radical (unpaired) electrons. The summed E-state index contributed by atoms with van der Waals surface area (Å²) in [7, 11) is 0. The zero-order chi connectivity index (χ0) is 20.8. The Morgan fingerprint density at radius 1 is 0.933 bits per heavy atom. The quantitative estimate of drug-likeness (QED) is 0.539. The van der Waals surface area contributed by atoms with E-state index in [-0.39, 0.29) is 5.91 Å². The summed E-state index contributed by atoms with van der Waals surface area (Å²) in [5.41, 5.74) is 8.60. The number of carbonyl (C=O) groups is 1. The maximum atomic E-state index is 12.3. The molecule has 30 heavy (non-hydrogen) atoms. The van der Waals surface area contributed by atoms with Crippen LogP contribution in [0.2, 0.25) is 0 Å². The van der Waals surface area contributed by atoms with Gasteiger partial charge in [0.25, 0.3) is 5.91 Å². The van der Waals surface area contributed by atoms with E-state index in [1.807, 2.05) is 54.6 Å². The molecule has 3 aromatic rings. The molecule has 0 aromatic heterocycles. The second kappa shape index (κ2) is 9.23. The van der Waals surface area contributed by atoms with Gasteiger partial charge in [-0.05, 0) is 55.2 Å². The molecule has 1 aliphatic carbocycles. The molecule has 0 aliphatic heterocycles. The fourth-order valence-corrected chi connectivity index (χ4v) is 3.39. The van der Waals surface area contributed by atoms with E-state index in [0.29, 0.717) is 12.2 Å². The lowest BCUT2D eigenvalue weighted by molar-refractivity contribution is 0.0954. The number of ether oxygens (including phenoxy) is 1. The number of carbonyl (C=O) groups excluding carboxylic acids is 1. The minimum atomic E-state index is -0.206. The normalized spacial score (nSPS) is 14.4. The predicted molar refractivity (Wildman–Crippen MR) is 121 cm³/mol. The van der Waals surface area contributed by atoms with Gasteiger partial charge in [0.1, 0.15) is 12.4 Å². The number of amides is 1. The number of para-hydroxylation sites is 1. The van der Waals surface area contributed by atoms with Gasteiger partial charge in [-0.1, -0.05) is 66.2 Å². The van der Waals surface area contributed by atoms with Crippen LogP contribution in [0.3, 0.4) is 0 Å². The average Bonchev–Trinajstić information content (AvgIpc) is 3.22. The number of hydrogen-bond acceptors (Lipinski definition) is 3. The molecule has 0 saturated carbocycles. The lowest BCUT2D eigenvalue weighted by Gasteiger charge is -2.12. The van der Waals surface area contributed by atoms with Gasteiger partial charge in [0.15, 0.2) is 0 Å². The molecule has 150 valence electrons. The van der Waals surface area contributed by atoms with Crippen molar-refractivity contribution in [2.75, 3.05) is 0 Å². The van der Waals surface area contributed by atoms with Crippen molar-refractivity contribution in [3.8, 4) is 16.9 Å². The van der Waals surface area contributed by atoms with E-state index in [4.69, 9.17) is 4.74 Å². The number of nitrogens with one attached hydrogen (secondary N) is 1. The summed E-state index contributed by atoms with van der Waals surface area (Å²) in [6, 6.07) is 25.6. The predicted octanol–water partition coefficient (Wildman–Crippen LogP) is 5.76. The van der Waals surface area contributed by atoms with Crippen molar-refractivity contribution in [3.05, 3.63) is 102 Å². The topological polar surface area (TPSA) is 50.7 Å². The fourth-order valence-electron chi connectivity index (χ4n) is 3.39. The van der Waals surface area contributed by atoms with Crippen LogP contribution >= 0.6 is 0 Å². The molecular formula is C26H24N2O2. The van der Waals surface area contributed by atoms with E-state index in [2.05, 4.69) is 35.7 Å². The monoisotopic (exact) mass is 396 g/mol. The lowest BCUT2D eigenvalue weighted by atomic mass is 10.0. The number of allylic oxidation sites excluding steroid dienone is 2. The first-order chi connectivity index (χ1) is 14.7. The summed E-state index contributed by atoms with van der Waals surface area (Å²) in [6.07, 6.45) is 3.91. The average molecular weight is 396 g/mol.